The van der Waals surface area contributed by atoms with Gasteiger partial charge in [-0.2, -0.15) is 0 Å². The second kappa shape index (κ2) is 7.65. The Morgan fingerprint density at radius 2 is 2.20 bits per heavy atom. The number of hydrogen-bond acceptors (Lipinski definition) is 7. The number of carbonyl (C=O) groups excluding carboxylic acids is 1. The molecule has 3 aromatic heterocycles. The van der Waals surface area contributed by atoms with Crippen LogP contribution in [0.15, 0.2) is 31.2 Å². The van der Waals surface area contributed by atoms with Crippen molar-refractivity contribution in [3.8, 4) is 5.88 Å². The highest BCUT2D eigenvalue weighted by atomic mass is 19.1. The molecule has 1 aliphatic heterocycles. The SMILES string of the molecule is C=CC(=O)N[C@@H]1CN(c2cn3c(C)cnc3c(Nc3cn(C)nc3OC)n2)C[C@H]1F. The van der Waals surface area contributed by atoms with E-state index in [1.54, 1.807) is 29.0 Å². The van der Waals surface area contributed by atoms with Crippen molar-refractivity contribution in [3.05, 3.63) is 36.9 Å². The summed E-state index contributed by atoms with van der Waals surface area (Å²) in [6.07, 6.45) is 5.24. The van der Waals surface area contributed by atoms with Crippen LogP contribution >= 0.6 is 0 Å². The van der Waals surface area contributed by atoms with Crippen LogP contribution in [0, 0.1) is 6.92 Å². The smallest absolute Gasteiger partial charge is 0.256 e. The number of methoxy groups -OCH3 is 1. The van der Waals surface area contributed by atoms with Gasteiger partial charge in [-0.05, 0) is 13.0 Å². The summed E-state index contributed by atoms with van der Waals surface area (Å²) in [5, 5.41) is 10.1. The van der Waals surface area contributed by atoms with Gasteiger partial charge >= 0.3 is 0 Å². The molecule has 1 aliphatic rings. The van der Waals surface area contributed by atoms with Gasteiger partial charge in [-0.15, -0.1) is 5.10 Å². The van der Waals surface area contributed by atoms with Crippen LogP contribution in [0.5, 0.6) is 5.88 Å². The number of rotatable bonds is 6. The molecule has 2 N–H and O–H groups in total. The van der Waals surface area contributed by atoms with Crippen LogP contribution in [-0.4, -0.2) is 62.5 Å². The summed E-state index contributed by atoms with van der Waals surface area (Å²) in [6.45, 7) is 5.75. The fourth-order valence-electron chi connectivity index (χ4n) is 3.49. The molecule has 1 amide bonds. The first kappa shape index (κ1) is 19.7. The number of carbonyl (C=O) groups is 1. The number of nitrogens with one attached hydrogen (secondary N) is 2. The Balaban J connectivity index is 1.69. The van der Waals surface area contributed by atoms with Crippen LogP contribution in [0.1, 0.15) is 5.69 Å². The average Bonchev–Trinajstić information content (AvgIpc) is 3.39. The maximum absolute atomic E-state index is 14.5. The van der Waals surface area contributed by atoms with Crippen LogP contribution in [0.25, 0.3) is 5.65 Å². The fraction of sp³-hybridized carbons (Fsp3) is 0.368. The van der Waals surface area contributed by atoms with Gasteiger partial charge in [-0.25, -0.2) is 14.4 Å². The van der Waals surface area contributed by atoms with E-state index in [0.29, 0.717) is 35.4 Å². The number of alkyl halides is 1. The van der Waals surface area contributed by atoms with Crippen molar-refractivity contribution < 1.29 is 13.9 Å². The number of imidazole rings is 1. The monoisotopic (exact) mass is 414 g/mol. The minimum atomic E-state index is -1.22. The average molecular weight is 414 g/mol. The van der Waals surface area contributed by atoms with Gasteiger partial charge in [-0.1, -0.05) is 6.58 Å². The number of halogens is 1. The quantitative estimate of drug-likeness (QED) is 0.587. The first-order valence-electron chi connectivity index (χ1n) is 9.41. The third-order valence-electron chi connectivity index (χ3n) is 4.99. The summed E-state index contributed by atoms with van der Waals surface area (Å²) in [4.78, 5) is 22.5. The van der Waals surface area contributed by atoms with E-state index in [0.717, 1.165) is 11.8 Å². The third-order valence-corrected chi connectivity index (χ3v) is 4.99. The number of ether oxygens (including phenoxy) is 1. The normalized spacial score (nSPS) is 18.6. The second-order valence-electron chi connectivity index (χ2n) is 7.13. The van der Waals surface area contributed by atoms with Gasteiger partial charge in [0.05, 0.1) is 32.1 Å². The summed E-state index contributed by atoms with van der Waals surface area (Å²) in [7, 11) is 3.33. The van der Waals surface area contributed by atoms with Crippen molar-refractivity contribution in [3.63, 3.8) is 0 Å². The van der Waals surface area contributed by atoms with E-state index in [-0.39, 0.29) is 6.54 Å². The molecule has 1 fully saturated rings. The topological polar surface area (TPSA) is 102 Å². The van der Waals surface area contributed by atoms with Crippen molar-refractivity contribution in [1.29, 1.82) is 0 Å². The lowest BCUT2D eigenvalue weighted by Gasteiger charge is -2.19. The molecule has 30 heavy (non-hydrogen) atoms. The molecule has 158 valence electrons. The number of anilines is 3. The van der Waals surface area contributed by atoms with E-state index in [2.05, 4.69) is 32.3 Å². The van der Waals surface area contributed by atoms with Gasteiger partial charge in [0.2, 0.25) is 5.91 Å². The van der Waals surface area contributed by atoms with E-state index < -0.39 is 18.1 Å². The summed E-state index contributed by atoms with van der Waals surface area (Å²) in [5.41, 5.74) is 2.16. The van der Waals surface area contributed by atoms with Gasteiger partial charge in [0, 0.05) is 25.5 Å². The van der Waals surface area contributed by atoms with Crippen molar-refractivity contribution >= 4 is 28.9 Å². The molecule has 0 unspecified atom stereocenters. The number of aryl methyl sites for hydroxylation is 2. The molecule has 10 nitrogen and oxygen atoms in total. The highest BCUT2D eigenvalue weighted by molar-refractivity contribution is 5.87. The fourth-order valence-corrected chi connectivity index (χ4v) is 3.49. The van der Waals surface area contributed by atoms with Gasteiger partial charge in [-0.3, -0.25) is 13.9 Å². The van der Waals surface area contributed by atoms with Crippen molar-refractivity contribution in [2.75, 3.05) is 30.4 Å². The zero-order valence-electron chi connectivity index (χ0n) is 17.0. The number of nitrogens with zero attached hydrogens (tertiary/aromatic N) is 6. The highest BCUT2D eigenvalue weighted by Gasteiger charge is 2.35. The maximum atomic E-state index is 14.5. The number of aromatic nitrogens is 5. The van der Waals surface area contributed by atoms with Crippen LogP contribution < -0.4 is 20.3 Å². The minimum Gasteiger partial charge on any atom is -0.478 e. The largest absolute Gasteiger partial charge is 0.478 e. The third kappa shape index (κ3) is 3.53. The number of amides is 1. The summed E-state index contributed by atoms with van der Waals surface area (Å²) in [6, 6.07) is -0.633. The predicted molar refractivity (Wildman–Crippen MR) is 110 cm³/mol. The lowest BCUT2D eigenvalue weighted by atomic mass is 10.2. The first-order chi connectivity index (χ1) is 14.4. The predicted octanol–water partition coefficient (Wildman–Crippen LogP) is 1.35. The van der Waals surface area contributed by atoms with Crippen LogP contribution in [0.3, 0.4) is 0 Å². The standard InChI is InChI=1S/C19H23FN8O2/c1-5-16(29)22-13-9-27(7-12(13)20)15-10-28-11(2)6-21-18(28)17(24-15)23-14-8-26(3)25-19(14)30-4/h5-6,8,10,12-13H,1,7,9H2,2-4H3,(H,22,29)(H,23,24)/t12-,13-/m1/s1. The lowest BCUT2D eigenvalue weighted by Crippen LogP contribution is -2.40. The van der Waals surface area contributed by atoms with Gasteiger partial charge in [0.1, 0.15) is 17.7 Å². The number of hydrogen-bond donors (Lipinski definition) is 2. The summed E-state index contributed by atoms with van der Waals surface area (Å²) >= 11 is 0. The van der Waals surface area contributed by atoms with Gasteiger partial charge in [0.25, 0.3) is 5.88 Å². The molecule has 0 radical (unpaired) electrons. The van der Waals surface area contributed by atoms with Crippen LogP contribution in [-0.2, 0) is 11.8 Å². The molecule has 2 atom stereocenters. The molecule has 0 bridgehead atoms. The Bertz CT molecular complexity index is 1110. The van der Waals surface area contributed by atoms with Crippen molar-refractivity contribution in [1.82, 2.24) is 29.5 Å². The summed E-state index contributed by atoms with van der Waals surface area (Å²) in [5.74, 6) is 1.07. The second-order valence-corrected chi connectivity index (χ2v) is 7.13. The van der Waals surface area contributed by atoms with Crippen molar-refractivity contribution in [2.24, 2.45) is 7.05 Å². The molecule has 0 aliphatic carbocycles. The van der Waals surface area contributed by atoms with E-state index >= 15 is 0 Å². The zero-order valence-corrected chi connectivity index (χ0v) is 17.0. The van der Waals surface area contributed by atoms with Crippen LogP contribution in [0.4, 0.5) is 21.7 Å². The van der Waals surface area contributed by atoms with E-state index in [1.807, 2.05) is 17.5 Å². The Morgan fingerprint density at radius 1 is 1.40 bits per heavy atom. The van der Waals surface area contributed by atoms with E-state index in [4.69, 9.17) is 4.74 Å². The molecule has 0 spiro atoms. The van der Waals surface area contributed by atoms with E-state index in [9.17, 15) is 9.18 Å². The highest BCUT2D eigenvalue weighted by Crippen LogP contribution is 2.30. The van der Waals surface area contributed by atoms with Gasteiger partial charge < -0.3 is 20.3 Å². The molecule has 0 saturated carbocycles. The van der Waals surface area contributed by atoms with Crippen LogP contribution in [0.2, 0.25) is 0 Å². The molecule has 1 saturated heterocycles. The van der Waals surface area contributed by atoms with E-state index in [1.165, 1.54) is 7.11 Å². The molecule has 3 aromatic rings. The minimum absolute atomic E-state index is 0.115. The maximum Gasteiger partial charge on any atom is 0.256 e. The molecule has 4 heterocycles. The van der Waals surface area contributed by atoms with Gasteiger partial charge in [0.15, 0.2) is 11.5 Å². The Hall–Kier alpha value is -3.63. The summed E-state index contributed by atoms with van der Waals surface area (Å²) < 4.78 is 23.3. The molecular formula is C19H23FN8O2. The Morgan fingerprint density at radius 3 is 2.93 bits per heavy atom. The molecule has 11 heteroatoms. The lowest BCUT2D eigenvalue weighted by molar-refractivity contribution is -0.117. The Kier molecular flexibility index (Phi) is 5.02. The Labute approximate surface area is 172 Å². The van der Waals surface area contributed by atoms with Crippen molar-refractivity contribution in [2.45, 2.75) is 19.1 Å². The molecular weight excluding hydrogens is 391 g/mol. The zero-order chi connectivity index (χ0) is 21.4. The molecule has 0 aromatic carbocycles. The molecule has 4 rings (SSSR count). The number of fused-ring (bicyclic) bond motifs is 1. The first-order valence-corrected chi connectivity index (χ1v) is 9.41.